The van der Waals surface area contributed by atoms with Gasteiger partial charge in [0.25, 0.3) is 11.5 Å². The van der Waals surface area contributed by atoms with Crippen LogP contribution in [0.4, 0.5) is 13.2 Å². The molecule has 7 nitrogen and oxygen atoms in total. The van der Waals surface area contributed by atoms with Crippen LogP contribution in [0.1, 0.15) is 46.3 Å². The van der Waals surface area contributed by atoms with E-state index in [0.717, 1.165) is 10.6 Å². The number of allylic oxidation sites excluding steroid dienone is 1. The predicted molar refractivity (Wildman–Crippen MR) is 132 cm³/mol. The Morgan fingerprint density at radius 2 is 1.79 bits per heavy atom. The lowest BCUT2D eigenvalue weighted by atomic mass is 10.0. The number of pyridine rings is 1. The van der Waals surface area contributed by atoms with Gasteiger partial charge in [-0.1, -0.05) is 24.3 Å². The Balaban J connectivity index is 1.68. The van der Waals surface area contributed by atoms with Gasteiger partial charge in [-0.05, 0) is 48.6 Å². The van der Waals surface area contributed by atoms with E-state index in [1.165, 1.54) is 36.5 Å². The van der Waals surface area contributed by atoms with Crippen LogP contribution in [0, 0.1) is 17.5 Å². The number of ketones is 1. The van der Waals surface area contributed by atoms with E-state index in [-0.39, 0.29) is 29.7 Å². The molecule has 0 radical (unpaired) electrons. The third-order valence-corrected chi connectivity index (χ3v) is 6.41. The van der Waals surface area contributed by atoms with E-state index in [9.17, 15) is 37.8 Å². The zero-order valence-corrected chi connectivity index (χ0v) is 20.2. The Morgan fingerprint density at radius 1 is 1.03 bits per heavy atom. The number of carbonyl (C=O) groups excluding carboxylic acids is 2. The van der Waals surface area contributed by atoms with Gasteiger partial charge >= 0.3 is 0 Å². The predicted octanol–water partition coefficient (Wildman–Crippen LogP) is 3.56. The smallest absolute Gasteiger partial charge is 0.286 e. The molecule has 2 aromatic carbocycles. The standard InChI is InChI=1S/C28H25F3N2O5/c29-19-9-8-17(22(31)12-19)10-16-11-20(28(38)33(14-16)15-18-4-1-2-5-21(18)30)25(35)13-26(36)27(37)32-23-6-3-7-24(23)34/h1-2,4-5,8-9,11-14,23-24,34,36H,3,6-7,10,15H2,(H,32,37)/t23-,24-/m0/s1. The third-order valence-electron chi connectivity index (χ3n) is 6.41. The van der Waals surface area contributed by atoms with Gasteiger partial charge < -0.3 is 20.1 Å². The van der Waals surface area contributed by atoms with Crippen LogP contribution in [0.3, 0.4) is 0 Å². The highest BCUT2D eigenvalue weighted by atomic mass is 19.1. The van der Waals surface area contributed by atoms with Crippen molar-refractivity contribution in [2.75, 3.05) is 0 Å². The molecule has 2 atom stereocenters. The third kappa shape index (κ3) is 6.20. The van der Waals surface area contributed by atoms with Gasteiger partial charge in [0.15, 0.2) is 11.5 Å². The van der Waals surface area contributed by atoms with E-state index in [4.69, 9.17) is 0 Å². The van der Waals surface area contributed by atoms with E-state index in [2.05, 4.69) is 5.32 Å². The Morgan fingerprint density at radius 3 is 2.47 bits per heavy atom. The fourth-order valence-corrected chi connectivity index (χ4v) is 4.40. The molecule has 10 heteroatoms. The van der Waals surface area contributed by atoms with Gasteiger partial charge in [-0.3, -0.25) is 14.4 Å². The van der Waals surface area contributed by atoms with Crippen LogP contribution in [0.15, 0.2) is 71.4 Å². The zero-order chi connectivity index (χ0) is 27.4. The summed E-state index contributed by atoms with van der Waals surface area (Å²) in [6.07, 6.45) is 2.73. The maximum Gasteiger partial charge on any atom is 0.286 e. The van der Waals surface area contributed by atoms with Gasteiger partial charge in [0.1, 0.15) is 17.5 Å². The average molecular weight is 527 g/mol. The molecular formula is C28H25F3N2O5. The number of aromatic nitrogens is 1. The Labute approximate surface area is 215 Å². The van der Waals surface area contributed by atoms with Gasteiger partial charge in [0.2, 0.25) is 0 Å². The maximum absolute atomic E-state index is 14.3. The topological polar surface area (TPSA) is 109 Å². The molecule has 0 saturated heterocycles. The molecule has 1 aliphatic carbocycles. The molecule has 1 aliphatic rings. The molecule has 0 bridgehead atoms. The number of aliphatic hydroxyl groups is 2. The Bertz CT molecular complexity index is 1470. The van der Waals surface area contributed by atoms with E-state index in [1.807, 2.05) is 0 Å². The second-order valence-electron chi connectivity index (χ2n) is 9.17. The largest absolute Gasteiger partial charge is 0.503 e. The van der Waals surface area contributed by atoms with Crippen molar-refractivity contribution in [1.29, 1.82) is 0 Å². The molecule has 3 N–H and O–H groups in total. The van der Waals surface area contributed by atoms with Crippen molar-refractivity contribution in [3.05, 3.63) is 117 Å². The first-order valence-electron chi connectivity index (χ1n) is 12.0. The highest BCUT2D eigenvalue weighted by molar-refractivity contribution is 6.08. The number of hydrogen-bond acceptors (Lipinski definition) is 5. The number of hydrogen-bond donors (Lipinski definition) is 3. The molecule has 1 amide bonds. The summed E-state index contributed by atoms with van der Waals surface area (Å²) in [4.78, 5) is 38.5. The van der Waals surface area contributed by atoms with Crippen molar-refractivity contribution in [2.24, 2.45) is 0 Å². The van der Waals surface area contributed by atoms with E-state index < -0.39 is 58.2 Å². The quantitative estimate of drug-likeness (QED) is 0.236. The van der Waals surface area contributed by atoms with Crippen LogP contribution in [-0.2, 0) is 17.8 Å². The fourth-order valence-electron chi connectivity index (χ4n) is 4.40. The summed E-state index contributed by atoms with van der Waals surface area (Å²) >= 11 is 0. The van der Waals surface area contributed by atoms with Gasteiger partial charge in [-0.25, -0.2) is 13.2 Å². The fraction of sp³-hybridized carbons (Fsp3) is 0.250. The van der Waals surface area contributed by atoms with Crippen LogP contribution in [-0.4, -0.2) is 38.6 Å². The second kappa shape index (κ2) is 11.5. The molecule has 1 aromatic heterocycles. The first-order valence-corrected chi connectivity index (χ1v) is 12.0. The molecule has 0 unspecified atom stereocenters. The van der Waals surface area contributed by atoms with Crippen molar-refractivity contribution >= 4 is 11.7 Å². The van der Waals surface area contributed by atoms with Crippen molar-refractivity contribution in [1.82, 2.24) is 9.88 Å². The van der Waals surface area contributed by atoms with E-state index >= 15 is 0 Å². The molecule has 3 aromatic rings. The van der Waals surface area contributed by atoms with Crippen molar-refractivity contribution in [3.63, 3.8) is 0 Å². The molecule has 38 heavy (non-hydrogen) atoms. The number of rotatable bonds is 8. The van der Waals surface area contributed by atoms with Gasteiger partial charge in [0, 0.05) is 30.3 Å². The van der Waals surface area contributed by atoms with Gasteiger partial charge in [0.05, 0.1) is 24.3 Å². The number of amides is 1. The minimum Gasteiger partial charge on any atom is -0.503 e. The van der Waals surface area contributed by atoms with Crippen molar-refractivity contribution in [2.45, 2.75) is 44.4 Å². The van der Waals surface area contributed by atoms with Crippen molar-refractivity contribution < 1.29 is 33.0 Å². The minimum absolute atomic E-state index is 0.0915. The second-order valence-corrected chi connectivity index (χ2v) is 9.17. The average Bonchev–Trinajstić information content (AvgIpc) is 3.27. The van der Waals surface area contributed by atoms with Gasteiger partial charge in [-0.15, -0.1) is 0 Å². The zero-order valence-electron chi connectivity index (χ0n) is 20.2. The molecule has 4 rings (SSSR count). The number of halogens is 3. The van der Waals surface area contributed by atoms with E-state index in [0.29, 0.717) is 31.4 Å². The summed E-state index contributed by atoms with van der Waals surface area (Å²) < 4.78 is 43.0. The first kappa shape index (κ1) is 26.9. The molecule has 1 fully saturated rings. The minimum atomic E-state index is -1.00. The van der Waals surface area contributed by atoms with Crippen LogP contribution >= 0.6 is 0 Å². The monoisotopic (exact) mass is 526 g/mol. The Hall–Kier alpha value is -4.18. The summed E-state index contributed by atoms with van der Waals surface area (Å²) in [6.45, 7) is -0.249. The summed E-state index contributed by atoms with van der Waals surface area (Å²) in [6, 6.07) is 9.35. The highest BCUT2D eigenvalue weighted by Gasteiger charge is 2.28. The van der Waals surface area contributed by atoms with Crippen molar-refractivity contribution in [3.8, 4) is 0 Å². The normalized spacial score (nSPS) is 17.4. The lowest BCUT2D eigenvalue weighted by Crippen LogP contribution is -2.40. The number of nitrogens with one attached hydrogen (secondary N) is 1. The number of benzene rings is 2. The first-order chi connectivity index (χ1) is 18.1. The number of aliphatic hydroxyl groups excluding tert-OH is 2. The lowest BCUT2D eigenvalue weighted by Gasteiger charge is -2.15. The molecule has 1 saturated carbocycles. The summed E-state index contributed by atoms with van der Waals surface area (Å²) in [5.41, 5.74) is -0.736. The Kier molecular flexibility index (Phi) is 8.11. The number of carbonyl (C=O) groups is 2. The molecule has 0 aliphatic heterocycles. The summed E-state index contributed by atoms with van der Waals surface area (Å²) in [7, 11) is 0. The van der Waals surface area contributed by atoms with Crippen LogP contribution < -0.4 is 10.9 Å². The molecule has 1 heterocycles. The molecular weight excluding hydrogens is 501 g/mol. The summed E-state index contributed by atoms with van der Waals surface area (Å²) in [5, 5.41) is 22.5. The summed E-state index contributed by atoms with van der Waals surface area (Å²) in [5.74, 6) is -5.11. The van der Waals surface area contributed by atoms with Crippen LogP contribution in [0.2, 0.25) is 0 Å². The van der Waals surface area contributed by atoms with Gasteiger partial charge in [-0.2, -0.15) is 0 Å². The SMILES string of the molecule is O=C(N[C@H]1CCC[C@@H]1O)C(O)=CC(=O)c1cc(Cc2ccc(F)cc2F)cn(Cc2ccccc2F)c1=O. The highest BCUT2D eigenvalue weighted by Crippen LogP contribution is 2.19. The molecule has 0 spiro atoms. The maximum atomic E-state index is 14.3. The molecule has 198 valence electrons. The van der Waals surface area contributed by atoms with Crippen LogP contribution in [0.5, 0.6) is 0 Å². The van der Waals surface area contributed by atoms with Crippen LogP contribution in [0.25, 0.3) is 0 Å². The lowest BCUT2D eigenvalue weighted by molar-refractivity contribution is -0.121. The van der Waals surface area contributed by atoms with E-state index in [1.54, 1.807) is 6.07 Å². The number of nitrogens with zero attached hydrogens (tertiary/aromatic N) is 1.